The number of aliphatic hydroxyl groups is 1. The van der Waals surface area contributed by atoms with E-state index in [0.717, 1.165) is 61.4 Å². The molecule has 0 saturated carbocycles. The van der Waals surface area contributed by atoms with Crippen LogP contribution in [0.5, 0.6) is 0 Å². The van der Waals surface area contributed by atoms with Gasteiger partial charge in [-0.15, -0.1) is 0 Å². The number of H-pyrrole nitrogens is 1. The number of amides is 1. The normalized spacial score (nSPS) is 17.7. The van der Waals surface area contributed by atoms with E-state index in [1.54, 1.807) is 0 Å². The zero-order valence-corrected chi connectivity index (χ0v) is 16.0. The standard InChI is InChI=1S/C23H27N3O2/c27-13-5-12-26-11-4-8-19(16-26)23(28)24-20-9-3-7-17(14-20)22-15-18-6-1-2-10-21(18)25-22/h1-3,6-7,9-10,14-15,19,25,27H,4-5,8,11-13,16H2,(H,24,28)/t19-/m1/s1. The van der Waals surface area contributed by atoms with Crippen molar-refractivity contribution in [3.63, 3.8) is 0 Å². The highest BCUT2D eigenvalue weighted by molar-refractivity contribution is 5.94. The Kier molecular flexibility index (Phi) is 5.74. The fraction of sp³-hybridized carbons (Fsp3) is 0.348. The van der Waals surface area contributed by atoms with Gasteiger partial charge in [-0.05, 0) is 50.1 Å². The smallest absolute Gasteiger partial charge is 0.228 e. The molecule has 5 nitrogen and oxygen atoms in total. The van der Waals surface area contributed by atoms with Gasteiger partial charge >= 0.3 is 0 Å². The summed E-state index contributed by atoms with van der Waals surface area (Å²) in [6, 6.07) is 18.3. The molecule has 1 fully saturated rings. The van der Waals surface area contributed by atoms with Crippen LogP contribution in [0.1, 0.15) is 19.3 Å². The van der Waals surface area contributed by atoms with Crippen LogP contribution in [-0.2, 0) is 4.79 Å². The molecule has 1 saturated heterocycles. The summed E-state index contributed by atoms with van der Waals surface area (Å²) in [6.45, 7) is 2.84. The van der Waals surface area contributed by atoms with Gasteiger partial charge in [0.15, 0.2) is 0 Å². The Balaban J connectivity index is 1.45. The fourth-order valence-electron chi connectivity index (χ4n) is 4.00. The molecule has 0 unspecified atom stereocenters. The topological polar surface area (TPSA) is 68.4 Å². The van der Waals surface area contributed by atoms with Crippen molar-refractivity contribution in [2.24, 2.45) is 5.92 Å². The highest BCUT2D eigenvalue weighted by Gasteiger charge is 2.25. The van der Waals surface area contributed by atoms with Crippen molar-refractivity contribution in [1.29, 1.82) is 0 Å². The number of nitrogens with one attached hydrogen (secondary N) is 2. The number of carbonyl (C=O) groups excluding carboxylic acids is 1. The molecule has 1 amide bonds. The van der Waals surface area contributed by atoms with Gasteiger partial charge < -0.3 is 20.3 Å². The van der Waals surface area contributed by atoms with Crippen LogP contribution in [0.2, 0.25) is 0 Å². The van der Waals surface area contributed by atoms with Crippen LogP contribution >= 0.6 is 0 Å². The molecule has 0 aliphatic carbocycles. The van der Waals surface area contributed by atoms with Crippen molar-refractivity contribution in [2.75, 3.05) is 31.6 Å². The fourth-order valence-corrected chi connectivity index (χ4v) is 4.00. The van der Waals surface area contributed by atoms with Crippen LogP contribution < -0.4 is 5.32 Å². The second-order valence-electron chi connectivity index (χ2n) is 7.56. The summed E-state index contributed by atoms with van der Waals surface area (Å²) < 4.78 is 0. The first-order valence-electron chi connectivity index (χ1n) is 10.1. The number of hydrogen-bond acceptors (Lipinski definition) is 3. The summed E-state index contributed by atoms with van der Waals surface area (Å²) in [4.78, 5) is 18.5. The molecule has 2 heterocycles. The Hall–Kier alpha value is -2.63. The SMILES string of the molecule is O=C(Nc1cccc(-c2cc3ccccc3[nH]2)c1)[C@@H]1CCCN(CCCO)C1. The van der Waals surface area contributed by atoms with Crippen LogP contribution in [0.4, 0.5) is 5.69 Å². The third-order valence-corrected chi connectivity index (χ3v) is 5.48. The number of carbonyl (C=O) groups is 1. The van der Waals surface area contributed by atoms with Crippen LogP contribution in [0, 0.1) is 5.92 Å². The van der Waals surface area contributed by atoms with E-state index in [0.29, 0.717) is 0 Å². The van der Waals surface area contributed by atoms with Gasteiger partial charge in [0.2, 0.25) is 5.91 Å². The number of hydrogen-bond donors (Lipinski definition) is 3. The molecule has 1 atom stereocenters. The van der Waals surface area contributed by atoms with E-state index in [1.807, 2.05) is 30.3 Å². The molecule has 1 aliphatic heterocycles. The molecule has 146 valence electrons. The molecule has 0 radical (unpaired) electrons. The van der Waals surface area contributed by atoms with Crippen molar-refractivity contribution < 1.29 is 9.90 Å². The number of para-hydroxylation sites is 1. The van der Waals surface area contributed by atoms with Gasteiger partial charge in [-0.3, -0.25) is 4.79 Å². The minimum atomic E-state index is 0.00387. The summed E-state index contributed by atoms with van der Waals surface area (Å²) >= 11 is 0. The van der Waals surface area contributed by atoms with Gasteiger partial charge in [-0.2, -0.15) is 0 Å². The van der Waals surface area contributed by atoms with Crippen molar-refractivity contribution in [1.82, 2.24) is 9.88 Å². The molecule has 1 aliphatic rings. The number of aromatic amines is 1. The van der Waals surface area contributed by atoms with Gasteiger partial charge in [-0.25, -0.2) is 0 Å². The first-order valence-corrected chi connectivity index (χ1v) is 10.1. The van der Waals surface area contributed by atoms with E-state index in [-0.39, 0.29) is 18.4 Å². The molecular formula is C23H27N3O2. The predicted molar refractivity (Wildman–Crippen MR) is 113 cm³/mol. The largest absolute Gasteiger partial charge is 0.396 e. The third-order valence-electron chi connectivity index (χ3n) is 5.48. The first kappa shape index (κ1) is 18.7. The zero-order chi connectivity index (χ0) is 19.3. The number of nitrogens with zero attached hydrogens (tertiary/aromatic N) is 1. The second-order valence-corrected chi connectivity index (χ2v) is 7.56. The van der Waals surface area contributed by atoms with Gasteiger partial charge in [0.05, 0.1) is 5.92 Å². The first-order chi connectivity index (χ1) is 13.7. The Morgan fingerprint density at radius 1 is 1.18 bits per heavy atom. The Morgan fingerprint density at radius 3 is 2.93 bits per heavy atom. The van der Waals surface area contributed by atoms with Crippen molar-refractivity contribution in [2.45, 2.75) is 19.3 Å². The van der Waals surface area contributed by atoms with E-state index in [1.165, 1.54) is 5.39 Å². The van der Waals surface area contributed by atoms with E-state index >= 15 is 0 Å². The molecule has 5 heteroatoms. The maximum Gasteiger partial charge on any atom is 0.228 e. The Bertz CT molecular complexity index is 917. The number of aliphatic hydroxyl groups excluding tert-OH is 1. The minimum Gasteiger partial charge on any atom is -0.396 e. The van der Waals surface area contributed by atoms with Crippen molar-refractivity contribution in [3.8, 4) is 11.3 Å². The number of piperidine rings is 1. The highest BCUT2D eigenvalue weighted by atomic mass is 16.3. The lowest BCUT2D eigenvalue weighted by molar-refractivity contribution is -0.121. The summed E-state index contributed by atoms with van der Waals surface area (Å²) in [5.74, 6) is 0.0895. The average Bonchev–Trinajstić information content (AvgIpc) is 3.17. The number of likely N-dealkylation sites (tertiary alicyclic amines) is 1. The summed E-state index contributed by atoms with van der Waals surface area (Å²) in [7, 11) is 0. The van der Waals surface area contributed by atoms with Crippen LogP contribution in [-0.4, -0.2) is 47.1 Å². The van der Waals surface area contributed by atoms with E-state index in [4.69, 9.17) is 5.11 Å². The number of aromatic nitrogens is 1. The lowest BCUT2D eigenvalue weighted by Gasteiger charge is -2.31. The van der Waals surface area contributed by atoms with Crippen molar-refractivity contribution in [3.05, 3.63) is 54.6 Å². The number of rotatable bonds is 6. The van der Waals surface area contributed by atoms with Crippen LogP contribution in [0.15, 0.2) is 54.6 Å². The Morgan fingerprint density at radius 2 is 2.07 bits per heavy atom. The summed E-state index contributed by atoms with van der Waals surface area (Å²) in [6.07, 6.45) is 2.71. The average molecular weight is 377 g/mol. The molecule has 0 bridgehead atoms. The second kappa shape index (κ2) is 8.59. The molecule has 28 heavy (non-hydrogen) atoms. The molecule has 4 rings (SSSR count). The predicted octanol–water partition coefficient (Wildman–Crippen LogP) is 3.87. The Labute approximate surface area is 165 Å². The monoisotopic (exact) mass is 377 g/mol. The van der Waals surface area contributed by atoms with Crippen molar-refractivity contribution >= 4 is 22.5 Å². The molecule has 1 aromatic heterocycles. The third kappa shape index (κ3) is 4.26. The zero-order valence-electron chi connectivity index (χ0n) is 16.0. The van der Waals surface area contributed by atoms with E-state index in [9.17, 15) is 4.79 Å². The number of fused-ring (bicyclic) bond motifs is 1. The van der Waals surface area contributed by atoms with E-state index in [2.05, 4.69) is 39.5 Å². The number of anilines is 1. The molecule has 3 N–H and O–H groups in total. The lowest BCUT2D eigenvalue weighted by atomic mass is 9.97. The highest BCUT2D eigenvalue weighted by Crippen LogP contribution is 2.26. The lowest BCUT2D eigenvalue weighted by Crippen LogP contribution is -2.41. The molecule has 0 spiro atoms. The molecule has 2 aromatic carbocycles. The quantitative estimate of drug-likeness (QED) is 0.611. The van der Waals surface area contributed by atoms with Gasteiger partial charge in [0.1, 0.15) is 0 Å². The molecular weight excluding hydrogens is 350 g/mol. The van der Waals surface area contributed by atoms with Crippen LogP contribution in [0.25, 0.3) is 22.2 Å². The van der Waals surface area contributed by atoms with Gasteiger partial charge in [0.25, 0.3) is 0 Å². The van der Waals surface area contributed by atoms with E-state index < -0.39 is 0 Å². The maximum atomic E-state index is 12.8. The van der Waals surface area contributed by atoms with Gasteiger partial charge in [-0.1, -0.05) is 30.3 Å². The van der Waals surface area contributed by atoms with Crippen LogP contribution in [0.3, 0.4) is 0 Å². The van der Waals surface area contributed by atoms with Gasteiger partial charge in [0, 0.05) is 47.5 Å². The number of benzene rings is 2. The molecule has 3 aromatic rings. The minimum absolute atomic E-state index is 0.00387. The maximum absolute atomic E-state index is 12.8. The summed E-state index contributed by atoms with van der Waals surface area (Å²) in [5.41, 5.74) is 4.04. The summed E-state index contributed by atoms with van der Waals surface area (Å²) in [5, 5.41) is 13.3.